The van der Waals surface area contributed by atoms with Gasteiger partial charge in [-0.2, -0.15) is 0 Å². The van der Waals surface area contributed by atoms with Gasteiger partial charge in [-0.3, -0.25) is 0 Å². The van der Waals surface area contributed by atoms with Gasteiger partial charge in [-0.05, 0) is 88.5 Å². The molecule has 0 radical (unpaired) electrons. The number of aliphatic imine (C=N–C) groups is 2. The number of amidine groups is 1. The fraction of sp³-hybridized carbons (Fsp3) is 0.0656. The van der Waals surface area contributed by atoms with Crippen LogP contribution in [0.3, 0.4) is 0 Å². The summed E-state index contributed by atoms with van der Waals surface area (Å²) < 4.78 is 2.43. The van der Waals surface area contributed by atoms with Crippen LogP contribution in [0.5, 0.6) is 0 Å². The van der Waals surface area contributed by atoms with Crippen molar-refractivity contribution in [3.05, 3.63) is 251 Å². The van der Waals surface area contributed by atoms with E-state index in [1.165, 1.54) is 55.2 Å². The summed E-state index contributed by atoms with van der Waals surface area (Å²) in [5.41, 5.74) is 20.8. The lowest BCUT2D eigenvalue weighted by Crippen LogP contribution is -2.30. The van der Waals surface area contributed by atoms with Gasteiger partial charge in [0.15, 0.2) is 5.84 Å². The first-order valence-electron chi connectivity index (χ1n) is 22.3. The zero-order valence-electron chi connectivity index (χ0n) is 36.5. The Morgan fingerprint density at radius 3 is 1.92 bits per heavy atom. The molecule has 0 amide bonds. The molecule has 10 aromatic rings. The van der Waals surface area contributed by atoms with E-state index in [1.54, 1.807) is 0 Å². The maximum Gasteiger partial charge on any atom is 0.161 e. The minimum absolute atomic E-state index is 0.195. The average molecular weight is 833 g/mol. The summed E-state index contributed by atoms with van der Waals surface area (Å²) in [4.78, 5) is 13.1. The zero-order valence-corrected chi connectivity index (χ0v) is 36.5. The fourth-order valence-corrected chi connectivity index (χ4v) is 10.2. The second kappa shape index (κ2) is 15.2. The molecule has 12 rings (SSSR count). The van der Waals surface area contributed by atoms with Crippen LogP contribution in [0.15, 0.2) is 234 Å². The van der Waals surface area contributed by atoms with Crippen LogP contribution in [-0.4, -0.2) is 16.1 Å². The number of hydrogen-bond donors (Lipinski definition) is 0. The van der Waals surface area contributed by atoms with Crippen molar-refractivity contribution >= 4 is 66.9 Å². The van der Waals surface area contributed by atoms with Gasteiger partial charge >= 0.3 is 0 Å². The number of para-hydroxylation sites is 2. The zero-order chi connectivity index (χ0) is 43.6. The number of nitrogens with zero attached hydrogens (tertiary/aromatic N) is 4. The Morgan fingerprint density at radius 1 is 0.462 bits per heavy atom. The van der Waals surface area contributed by atoms with Gasteiger partial charge in [-0.15, -0.1) is 0 Å². The van der Waals surface area contributed by atoms with Crippen LogP contribution >= 0.6 is 0 Å². The largest absolute Gasteiger partial charge is 0.310 e. The van der Waals surface area contributed by atoms with Crippen molar-refractivity contribution in [3.63, 3.8) is 0 Å². The van der Waals surface area contributed by atoms with Crippen molar-refractivity contribution in [2.45, 2.75) is 26.2 Å². The first-order chi connectivity index (χ1) is 31.9. The SMILES string of the molecule is CC1=C=C(c2ccccc2)N=C(c2cccc(-n3c4cccc(-c5ccc6c(c5)N(c5ccccc5)c5ccccc5C6(C)C)c4c4c5ccccc5ccc43)c2)N=C1c1ccccc1. The maximum atomic E-state index is 5.34. The number of allylic oxidation sites excluding steroid dienone is 1. The average Bonchev–Trinajstić information content (AvgIpc) is 3.60. The van der Waals surface area contributed by atoms with E-state index in [1.807, 2.05) is 24.3 Å². The summed E-state index contributed by atoms with van der Waals surface area (Å²) in [5.74, 6) is 0.641. The second-order valence-corrected chi connectivity index (χ2v) is 17.5. The van der Waals surface area contributed by atoms with E-state index in [2.05, 4.69) is 224 Å². The smallest absolute Gasteiger partial charge is 0.161 e. The van der Waals surface area contributed by atoms with E-state index in [-0.39, 0.29) is 5.41 Å². The molecule has 4 nitrogen and oxygen atoms in total. The van der Waals surface area contributed by atoms with Gasteiger partial charge in [-0.1, -0.05) is 183 Å². The Balaban J connectivity index is 1.08. The molecule has 1 aromatic heterocycles. The standard InChI is InChI=1S/C61H44N4/c1-40-37-52(42-20-7-4-8-21-42)62-60(63-59(40)43-22-9-5-10-23-43)45-24-17-27-47(38-45)65-54-32-18-29-49(58(54)57-48-28-14-13-19-41(48)34-36-55(57)65)44-33-35-51-56(39-44)64(46-25-11-6-12-26-46)53-31-16-15-30-50(53)61(51,2)3/h4-36,38-39H,1-3H3. The van der Waals surface area contributed by atoms with Crippen LogP contribution in [0.2, 0.25) is 0 Å². The first-order valence-corrected chi connectivity index (χ1v) is 22.3. The molecule has 0 unspecified atom stereocenters. The summed E-state index contributed by atoms with van der Waals surface area (Å²) >= 11 is 0. The van der Waals surface area contributed by atoms with Gasteiger partial charge in [-0.25, -0.2) is 9.98 Å². The maximum absolute atomic E-state index is 5.34. The molecule has 9 aromatic carbocycles. The molecule has 2 aliphatic rings. The number of rotatable bonds is 6. The van der Waals surface area contributed by atoms with Crippen molar-refractivity contribution in [1.82, 2.24) is 4.57 Å². The molecule has 0 saturated heterocycles. The summed E-state index contributed by atoms with van der Waals surface area (Å²) in [6.45, 7) is 6.78. The highest BCUT2D eigenvalue weighted by molar-refractivity contribution is 6.25. The minimum atomic E-state index is -0.195. The normalized spacial score (nSPS) is 14.3. The van der Waals surface area contributed by atoms with Crippen LogP contribution < -0.4 is 4.90 Å². The third kappa shape index (κ3) is 6.30. The van der Waals surface area contributed by atoms with Crippen molar-refractivity contribution in [3.8, 4) is 16.8 Å². The van der Waals surface area contributed by atoms with Gasteiger partial charge in [0.05, 0.1) is 28.1 Å². The van der Waals surface area contributed by atoms with Crippen LogP contribution in [-0.2, 0) is 5.41 Å². The van der Waals surface area contributed by atoms with Crippen molar-refractivity contribution in [2.24, 2.45) is 9.98 Å². The summed E-state index contributed by atoms with van der Waals surface area (Å²) in [6.07, 6.45) is 0. The van der Waals surface area contributed by atoms with Crippen molar-refractivity contribution in [1.29, 1.82) is 0 Å². The molecule has 2 aliphatic heterocycles. The molecular weight excluding hydrogens is 789 g/mol. The number of hydrogen-bond acceptors (Lipinski definition) is 3. The minimum Gasteiger partial charge on any atom is -0.310 e. The molecule has 0 fully saturated rings. The Bertz CT molecular complexity index is 3660. The molecule has 0 atom stereocenters. The molecule has 4 heteroatoms. The number of aromatic nitrogens is 1. The molecule has 65 heavy (non-hydrogen) atoms. The lowest BCUT2D eigenvalue weighted by Gasteiger charge is -2.42. The summed E-state index contributed by atoms with van der Waals surface area (Å²) in [5, 5.41) is 4.88. The van der Waals surface area contributed by atoms with E-state index in [0.717, 1.165) is 56.1 Å². The van der Waals surface area contributed by atoms with Gasteiger partial charge in [0.25, 0.3) is 0 Å². The quantitative estimate of drug-likeness (QED) is 0.154. The molecular formula is C61H44N4. The summed E-state index contributed by atoms with van der Waals surface area (Å²) in [7, 11) is 0. The van der Waals surface area contributed by atoms with Gasteiger partial charge < -0.3 is 9.47 Å². The number of benzene rings is 9. The van der Waals surface area contributed by atoms with E-state index < -0.39 is 0 Å². The molecule has 0 bridgehead atoms. The van der Waals surface area contributed by atoms with E-state index in [9.17, 15) is 0 Å². The number of anilines is 3. The lowest BCUT2D eigenvalue weighted by atomic mass is 9.73. The van der Waals surface area contributed by atoms with Crippen LogP contribution in [0.25, 0.3) is 55.1 Å². The Labute approximate surface area is 379 Å². The molecule has 0 aliphatic carbocycles. The molecule has 308 valence electrons. The third-order valence-corrected chi connectivity index (χ3v) is 13.3. The molecule has 3 heterocycles. The Hall–Kier alpha value is -8.30. The predicted octanol–water partition coefficient (Wildman–Crippen LogP) is 15.5. The van der Waals surface area contributed by atoms with Crippen molar-refractivity contribution < 1.29 is 0 Å². The molecule has 0 N–H and O–H groups in total. The van der Waals surface area contributed by atoms with Gasteiger partial charge in [0, 0.05) is 49.8 Å². The van der Waals surface area contributed by atoms with Gasteiger partial charge in [0.2, 0.25) is 0 Å². The van der Waals surface area contributed by atoms with E-state index in [4.69, 9.17) is 9.98 Å². The summed E-state index contributed by atoms with van der Waals surface area (Å²) in [6, 6.07) is 76.2. The first kappa shape index (κ1) is 38.4. The monoisotopic (exact) mass is 832 g/mol. The fourth-order valence-electron chi connectivity index (χ4n) is 10.2. The topological polar surface area (TPSA) is 32.9 Å². The highest BCUT2D eigenvalue weighted by Gasteiger charge is 2.37. The second-order valence-electron chi connectivity index (χ2n) is 17.5. The van der Waals surface area contributed by atoms with Gasteiger partial charge in [0.1, 0.15) is 5.70 Å². The predicted molar refractivity (Wildman–Crippen MR) is 273 cm³/mol. The highest BCUT2D eigenvalue weighted by Crippen LogP contribution is 2.53. The molecule has 0 spiro atoms. The van der Waals surface area contributed by atoms with Crippen LogP contribution in [0.4, 0.5) is 17.1 Å². The van der Waals surface area contributed by atoms with Crippen LogP contribution in [0, 0.1) is 0 Å². The Kier molecular flexibility index (Phi) is 8.98. The van der Waals surface area contributed by atoms with Crippen LogP contribution in [0.1, 0.15) is 48.6 Å². The lowest BCUT2D eigenvalue weighted by molar-refractivity contribution is 0.632. The Morgan fingerprint density at radius 2 is 1.11 bits per heavy atom. The third-order valence-electron chi connectivity index (χ3n) is 13.3. The van der Waals surface area contributed by atoms with Crippen molar-refractivity contribution in [2.75, 3.05) is 4.90 Å². The highest BCUT2D eigenvalue weighted by atomic mass is 15.2. The van der Waals surface area contributed by atoms with E-state index >= 15 is 0 Å². The van der Waals surface area contributed by atoms with E-state index in [0.29, 0.717) is 5.84 Å². The number of fused-ring (bicyclic) bond motifs is 7. The molecule has 0 saturated carbocycles.